The minimum atomic E-state index is -4.10. The van der Waals surface area contributed by atoms with E-state index >= 15 is 0 Å². The van der Waals surface area contributed by atoms with Gasteiger partial charge in [0.25, 0.3) is 16.6 Å². The molecule has 0 bridgehead atoms. The molecule has 0 atom stereocenters. The van der Waals surface area contributed by atoms with Gasteiger partial charge in [-0.2, -0.15) is 17.0 Å². The number of aliphatic carboxylic acids is 1. The van der Waals surface area contributed by atoms with Crippen molar-refractivity contribution in [2.24, 2.45) is 5.92 Å². The van der Waals surface area contributed by atoms with Crippen molar-refractivity contribution in [1.82, 2.24) is 8.61 Å². The van der Waals surface area contributed by atoms with E-state index in [-0.39, 0.29) is 25.9 Å². The molecule has 1 saturated heterocycles. The van der Waals surface area contributed by atoms with Gasteiger partial charge in [-0.1, -0.05) is 0 Å². The Morgan fingerprint density at radius 2 is 1.90 bits per heavy atom. The van der Waals surface area contributed by atoms with E-state index in [1.807, 2.05) is 0 Å². The molecule has 0 aromatic heterocycles. The Labute approximate surface area is 116 Å². The first-order valence-corrected chi connectivity index (χ1v) is 7.55. The third-order valence-corrected chi connectivity index (χ3v) is 5.15. The minimum absolute atomic E-state index is 0.0233. The van der Waals surface area contributed by atoms with E-state index in [1.54, 1.807) is 0 Å². The summed E-state index contributed by atoms with van der Waals surface area (Å²) in [5.41, 5.74) is 0. The molecule has 0 aromatic carbocycles. The lowest BCUT2D eigenvalue weighted by molar-refractivity contribution is -0.142. The molecule has 0 aliphatic carbocycles. The zero-order chi connectivity index (χ0) is 15.3. The van der Waals surface area contributed by atoms with Crippen LogP contribution in [0.2, 0.25) is 0 Å². The molecule has 1 heterocycles. The Bertz CT molecular complexity index is 423. The molecule has 1 aliphatic heterocycles. The SMILES string of the molecule is O=C(O)C1CCN(S(=O)(=O)N(CCO)CC(F)F)CC1. The lowest BCUT2D eigenvalue weighted by atomic mass is 9.99. The van der Waals surface area contributed by atoms with E-state index in [9.17, 15) is 22.0 Å². The van der Waals surface area contributed by atoms with Crippen LogP contribution in [-0.2, 0) is 15.0 Å². The maximum absolute atomic E-state index is 12.4. The van der Waals surface area contributed by atoms with E-state index in [0.29, 0.717) is 4.31 Å². The Morgan fingerprint density at radius 3 is 2.30 bits per heavy atom. The van der Waals surface area contributed by atoms with E-state index in [4.69, 9.17) is 10.2 Å². The molecule has 0 radical (unpaired) electrons. The normalized spacial score (nSPS) is 18.9. The van der Waals surface area contributed by atoms with Gasteiger partial charge in [0.1, 0.15) is 0 Å². The molecule has 20 heavy (non-hydrogen) atoms. The fraction of sp³-hybridized carbons (Fsp3) is 0.900. The second kappa shape index (κ2) is 7.25. The first-order chi connectivity index (χ1) is 9.28. The van der Waals surface area contributed by atoms with Crippen LogP contribution in [0.4, 0.5) is 8.78 Å². The number of aliphatic hydroxyl groups is 1. The van der Waals surface area contributed by atoms with E-state index < -0.39 is 48.2 Å². The predicted octanol–water partition coefficient (Wildman–Crippen LogP) is -0.413. The van der Waals surface area contributed by atoms with Crippen molar-refractivity contribution < 1.29 is 32.2 Å². The quantitative estimate of drug-likeness (QED) is 0.665. The minimum Gasteiger partial charge on any atom is -0.481 e. The van der Waals surface area contributed by atoms with Crippen molar-refractivity contribution in [2.75, 3.05) is 32.8 Å². The lowest BCUT2D eigenvalue weighted by Crippen LogP contribution is -2.49. The van der Waals surface area contributed by atoms with Crippen molar-refractivity contribution in [3.63, 3.8) is 0 Å². The Morgan fingerprint density at radius 1 is 1.35 bits per heavy atom. The van der Waals surface area contributed by atoms with Gasteiger partial charge in [0.05, 0.1) is 19.1 Å². The van der Waals surface area contributed by atoms with Crippen LogP contribution in [-0.4, -0.2) is 72.4 Å². The molecule has 1 rings (SSSR count). The Balaban J connectivity index is 2.74. The number of hydrogen-bond donors (Lipinski definition) is 2. The summed E-state index contributed by atoms with van der Waals surface area (Å²) < 4.78 is 50.6. The van der Waals surface area contributed by atoms with Gasteiger partial charge >= 0.3 is 5.97 Å². The second-order valence-electron chi connectivity index (χ2n) is 4.49. The van der Waals surface area contributed by atoms with Gasteiger partial charge in [-0.05, 0) is 12.8 Å². The second-order valence-corrected chi connectivity index (χ2v) is 6.42. The topological polar surface area (TPSA) is 98.2 Å². The summed E-state index contributed by atoms with van der Waals surface area (Å²) in [6, 6.07) is 0. The molecule has 7 nitrogen and oxygen atoms in total. The standard InChI is InChI=1S/C10H18F2N2O5S/c11-9(12)7-14(5-6-15)20(18,19)13-3-1-8(2-4-13)10(16)17/h8-9,15H,1-7H2,(H,16,17). The largest absolute Gasteiger partial charge is 0.481 e. The molecular weight excluding hydrogens is 298 g/mol. The number of nitrogens with zero attached hydrogens (tertiary/aromatic N) is 2. The van der Waals surface area contributed by atoms with Crippen LogP contribution in [0.15, 0.2) is 0 Å². The number of halogens is 2. The third kappa shape index (κ3) is 4.33. The maximum Gasteiger partial charge on any atom is 0.306 e. The number of piperidine rings is 1. The van der Waals surface area contributed by atoms with Crippen LogP contribution < -0.4 is 0 Å². The molecule has 10 heteroatoms. The van der Waals surface area contributed by atoms with Crippen LogP contribution >= 0.6 is 0 Å². The van der Waals surface area contributed by atoms with E-state index in [1.165, 1.54) is 0 Å². The highest BCUT2D eigenvalue weighted by Gasteiger charge is 2.35. The number of rotatable bonds is 7. The van der Waals surface area contributed by atoms with Gasteiger partial charge in [0, 0.05) is 19.6 Å². The third-order valence-electron chi connectivity index (χ3n) is 3.15. The van der Waals surface area contributed by atoms with Crippen LogP contribution in [0.1, 0.15) is 12.8 Å². The van der Waals surface area contributed by atoms with Crippen molar-refractivity contribution in [2.45, 2.75) is 19.3 Å². The molecule has 0 unspecified atom stereocenters. The van der Waals surface area contributed by atoms with E-state index in [0.717, 1.165) is 4.31 Å². The average molecular weight is 316 g/mol. The number of carbonyl (C=O) groups is 1. The summed E-state index contributed by atoms with van der Waals surface area (Å²) in [6.45, 7) is -2.00. The summed E-state index contributed by atoms with van der Waals surface area (Å²) in [6.07, 6.45) is -2.54. The van der Waals surface area contributed by atoms with Crippen molar-refractivity contribution in [1.29, 1.82) is 0 Å². The van der Waals surface area contributed by atoms with Crippen molar-refractivity contribution >= 4 is 16.2 Å². The molecule has 0 saturated carbocycles. The van der Waals surface area contributed by atoms with Crippen LogP contribution in [0.25, 0.3) is 0 Å². The Hall–Kier alpha value is -0.840. The first kappa shape index (κ1) is 17.2. The summed E-state index contributed by atoms with van der Waals surface area (Å²) in [7, 11) is -4.10. The van der Waals surface area contributed by atoms with Gasteiger partial charge in [-0.15, -0.1) is 0 Å². The highest BCUT2D eigenvalue weighted by molar-refractivity contribution is 7.86. The molecule has 118 valence electrons. The zero-order valence-electron chi connectivity index (χ0n) is 10.8. The average Bonchev–Trinajstić information content (AvgIpc) is 2.37. The molecule has 0 aromatic rings. The molecular formula is C10H18F2N2O5S. The summed E-state index contributed by atoms with van der Waals surface area (Å²) >= 11 is 0. The lowest BCUT2D eigenvalue weighted by Gasteiger charge is -2.33. The summed E-state index contributed by atoms with van der Waals surface area (Å²) in [5.74, 6) is -1.59. The fourth-order valence-corrected chi connectivity index (χ4v) is 3.68. The van der Waals surface area contributed by atoms with Gasteiger partial charge in [-0.25, -0.2) is 8.78 Å². The first-order valence-electron chi connectivity index (χ1n) is 6.16. The monoisotopic (exact) mass is 316 g/mol. The molecule has 1 fully saturated rings. The number of hydrogen-bond acceptors (Lipinski definition) is 4. The molecule has 2 N–H and O–H groups in total. The van der Waals surface area contributed by atoms with Gasteiger partial charge in [-0.3, -0.25) is 4.79 Å². The fourth-order valence-electron chi connectivity index (χ4n) is 2.06. The van der Waals surface area contributed by atoms with E-state index in [2.05, 4.69) is 0 Å². The molecule has 0 amide bonds. The zero-order valence-corrected chi connectivity index (χ0v) is 11.6. The van der Waals surface area contributed by atoms with Crippen molar-refractivity contribution in [3.8, 4) is 0 Å². The number of alkyl halides is 2. The summed E-state index contributed by atoms with van der Waals surface area (Å²) in [4.78, 5) is 10.8. The van der Waals surface area contributed by atoms with Crippen LogP contribution in [0, 0.1) is 5.92 Å². The predicted molar refractivity (Wildman–Crippen MR) is 65.5 cm³/mol. The Kier molecular flexibility index (Phi) is 6.24. The van der Waals surface area contributed by atoms with Gasteiger partial charge in [0.15, 0.2) is 0 Å². The highest BCUT2D eigenvalue weighted by atomic mass is 32.2. The maximum atomic E-state index is 12.4. The molecule has 0 spiro atoms. The smallest absolute Gasteiger partial charge is 0.306 e. The van der Waals surface area contributed by atoms with Crippen LogP contribution in [0.5, 0.6) is 0 Å². The van der Waals surface area contributed by atoms with Crippen molar-refractivity contribution in [3.05, 3.63) is 0 Å². The van der Waals surface area contributed by atoms with Crippen LogP contribution in [0.3, 0.4) is 0 Å². The number of aliphatic hydroxyl groups excluding tert-OH is 1. The van der Waals surface area contributed by atoms with Gasteiger partial charge < -0.3 is 10.2 Å². The van der Waals surface area contributed by atoms with Gasteiger partial charge in [0.2, 0.25) is 0 Å². The number of carboxylic acid groups (broad SMARTS) is 1. The number of carboxylic acids is 1. The molecule has 1 aliphatic rings. The highest BCUT2D eigenvalue weighted by Crippen LogP contribution is 2.21. The summed E-state index contributed by atoms with van der Waals surface area (Å²) in [5, 5.41) is 17.6.